The summed E-state index contributed by atoms with van der Waals surface area (Å²) in [5, 5.41) is 10.0. The Morgan fingerprint density at radius 1 is 1.50 bits per heavy atom. The van der Waals surface area contributed by atoms with E-state index in [1.807, 2.05) is 18.2 Å². The van der Waals surface area contributed by atoms with Crippen LogP contribution in [0, 0.1) is 5.92 Å². The van der Waals surface area contributed by atoms with Crippen LogP contribution in [0.15, 0.2) is 18.2 Å². The van der Waals surface area contributed by atoms with Crippen LogP contribution in [0.1, 0.15) is 37.9 Å². The summed E-state index contributed by atoms with van der Waals surface area (Å²) in [5.74, 6) is -0.110. The van der Waals surface area contributed by atoms with Crippen LogP contribution in [-0.2, 0) is 11.3 Å². The van der Waals surface area contributed by atoms with Crippen LogP contribution in [0.3, 0.4) is 0 Å². The second-order valence-electron chi connectivity index (χ2n) is 5.33. The molecule has 0 saturated heterocycles. The highest BCUT2D eigenvalue weighted by molar-refractivity contribution is 6.31. The monoisotopic (exact) mass is 292 g/mol. The Morgan fingerprint density at radius 2 is 2.30 bits per heavy atom. The average molecular weight is 293 g/mol. The van der Waals surface area contributed by atoms with Crippen LogP contribution in [0.5, 0.6) is 0 Å². The van der Waals surface area contributed by atoms with E-state index >= 15 is 0 Å². The first-order chi connectivity index (χ1) is 9.61. The highest BCUT2D eigenvalue weighted by atomic mass is 35.5. The molecule has 2 unspecified atom stereocenters. The van der Waals surface area contributed by atoms with Crippen molar-refractivity contribution in [1.82, 2.24) is 9.55 Å². The summed E-state index contributed by atoms with van der Waals surface area (Å²) >= 11 is 6.02. The van der Waals surface area contributed by atoms with Crippen molar-refractivity contribution in [3.8, 4) is 0 Å². The molecule has 2 atom stereocenters. The molecule has 1 saturated carbocycles. The molecular weight excluding hydrogens is 276 g/mol. The second-order valence-corrected chi connectivity index (χ2v) is 5.77. The molecule has 0 bridgehead atoms. The SMILES string of the molecule is CCn1c(C2CCCC2C(=O)O)nc2cc(Cl)ccc21. The Labute approximate surface area is 122 Å². The molecule has 1 aliphatic rings. The molecule has 1 aromatic heterocycles. The molecule has 1 heterocycles. The first kappa shape index (κ1) is 13.4. The van der Waals surface area contributed by atoms with Gasteiger partial charge in [0.2, 0.25) is 0 Å². The van der Waals surface area contributed by atoms with E-state index in [-0.39, 0.29) is 11.8 Å². The summed E-state index contributed by atoms with van der Waals surface area (Å²) in [4.78, 5) is 16.1. The van der Waals surface area contributed by atoms with Crippen LogP contribution in [0.2, 0.25) is 5.02 Å². The maximum Gasteiger partial charge on any atom is 0.307 e. The topological polar surface area (TPSA) is 55.1 Å². The number of aromatic nitrogens is 2. The average Bonchev–Trinajstić information content (AvgIpc) is 3.01. The Balaban J connectivity index is 2.13. The number of benzene rings is 1. The second kappa shape index (κ2) is 5.09. The van der Waals surface area contributed by atoms with Crippen LogP contribution in [0.25, 0.3) is 11.0 Å². The van der Waals surface area contributed by atoms with E-state index in [0.29, 0.717) is 5.02 Å². The quantitative estimate of drug-likeness (QED) is 0.939. The van der Waals surface area contributed by atoms with Gasteiger partial charge in [-0.2, -0.15) is 0 Å². The van der Waals surface area contributed by atoms with Crippen molar-refractivity contribution >= 4 is 28.6 Å². The number of carboxylic acids is 1. The fraction of sp³-hybridized carbons (Fsp3) is 0.467. The number of aryl methyl sites for hydroxylation is 1. The van der Waals surface area contributed by atoms with E-state index in [0.717, 1.165) is 42.7 Å². The van der Waals surface area contributed by atoms with E-state index in [2.05, 4.69) is 16.5 Å². The summed E-state index contributed by atoms with van der Waals surface area (Å²) in [6.45, 7) is 2.85. The third kappa shape index (κ3) is 2.08. The molecule has 0 spiro atoms. The number of halogens is 1. The fourth-order valence-corrected chi connectivity index (χ4v) is 3.47. The minimum Gasteiger partial charge on any atom is -0.481 e. The van der Waals surface area contributed by atoms with Crippen molar-refractivity contribution in [2.45, 2.75) is 38.6 Å². The van der Waals surface area contributed by atoms with E-state index in [9.17, 15) is 9.90 Å². The smallest absolute Gasteiger partial charge is 0.307 e. The lowest BCUT2D eigenvalue weighted by Crippen LogP contribution is -2.20. The number of hydrogen-bond donors (Lipinski definition) is 1. The number of imidazole rings is 1. The highest BCUT2D eigenvalue weighted by Crippen LogP contribution is 2.40. The van der Waals surface area contributed by atoms with E-state index in [1.54, 1.807) is 0 Å². The summed E-state index contributed by atoms with van der Waals surface area (Å²) < 4.78 is 2.12. The molecule has 106 valence electrons. The zero-order valence-electron chi connectivity index (χ0n) is 11.3. The minimum absolute atomic E-state index is 0.0126. The van der Waals surface area contributed by atoms with Crippen molar-refractivity contribution in [3.05, 3.63) is 29.0 Å². The molecule has 3 rings (SSSR count). The van der Waals surface area contributed by atoms with Gasteiger partial charge in [0, 0.05) is 17.5 Å². The van der Waals surface area contributed by atoms with Gasteiger partial charge in [0.05, 0.1) is 17.0 Å². The molecule has 1 N–H and O–H groups in total. The summed E-state index contributed by atoms with van der Waals surface area (Å²) in [5.41, 5.74) is 1.88. The van der Waals surface area contributed by atoms with Gasteiger partial charge in [0.1, 0.15) is 5.82 Å². The number of carbonyl (C=O) groups is 1. The fourth-order valence-electron chi connectivity index (χ4n) is 3.30. The lowest BCUT2D eigenvalue weighted by Gasteiger charge is -2.16. The zero-order chi connectivity index (χ0) is 14.3. The van der Waals surface area contributed by atoms with Gasteiger partial charge in [-0.1, -0.05) is 18.0 Å². The van der Waals surface area contributed by atoms with Crippen molar-refractivity contribution in [2.75, 3.05) is 0 Å². The van der Waals surface area contributed by atoms with Gasteiger partial charge in [0.25, 0.3) is 0 Å². The number of aliphatic carboxylic acids is 1. The standard InChI is InChI=1S/C15H17ClN2O2/c1-2-18-13-7-6-9(16)8-12(13)17-14(18)10-4-3-5-11(10)15(19)20/h6-8,10-11H,2-5H2,1H3,(H,19,20). The first-order valence-electron chi connectivity index (χ1n) is 7.00. The molecule has 1 aromatic carbocycles. The Bertz CT molecular complexity index is 665. The largest absolute Gasteiger partial charge is 0.481 e. The summed E-state index contributed by atoms with van der Waals surface area (Å²) in [6, 6.07) is 5.66. The van der Waals surface area contributed by atoms with E-state index in [1.165, 1.54) is 0 Å². The number of fused-ring (bicyclic) bond motifs is 1. The van der Waals surface area contributed by atoms with Gasteiger partial charge in [-0.3, -0.25) is 4.79 Å². The predicted octanol–water partition coefficient (Wildman–Crippen LogP) is 3.68. The molecule has 5 heteroatoms. The maximum atomic E-state index is 11.4. The normalized spacial score (nSPS) is 22.5. The van der Waals surface area contributed by atoms with E-state index in [4.69, 9.17) is 11.6 Å². The van der Waals surface area contributed by atoms with Gasteiger partial charge in [-0.25, -0.2) is 4.98 Å². The van der Waals surface area contributed by atoms with Crippen LogP contribution in [-0.4, -0.2) is 20.6 Å². The van der Waals surface area contributed by atoms with Gasteiger partial charge in [-0.15, -0.1) is 0 Å². The molecule has 1 fully saturated rings. The molecular formula is C15H17ClN2O2. The van der Waals surface area contributed by atoms with Gasteiger partial charge < -0.3 is 9.67 Å². The van der Waals surface area contributed by atoms with Crippen molar-refractivity contribution in [2.24, 2.45) is 5.92 Å². The molecule has 20 heavy (non-hydrogen) atoms. The predicted molar refractivity (Wildman–Crippen MR) is 78.1 cm³/mol. The van der Waals surface area contributed by atoms with Crippen LogP contribution >= 0.6 is 11.6 Å². The summed E-state index contributed by atoms with van der Waals surface area (Å²) in [6.07, 6.45) is 2.59. The molecule has 4 nitrogen and oxygen atoms in total. The number of carboxylic acid groups (broad SMARTS) is 1. The number of hydrogen-bond acceptors (Lipinski definition) is 2. The Hall–Kier alpha value is -1.55. The van der Waals surface area contributed by atoms with E-state index < -0.39 is 5.97 Å². The number of rotatable bonds is 3. The lowest BCUT2D eigenvalue weighted by atomic mass is 9.95. The highest BCUT2D eigenvalue weighted by Gasteiger charge is 2.36. The third-order valence-corrected chi connectivity index (χ3v) is 4.46. The minimum atomic E-state index is -0.708. The van der Waals surface area contributed by atoms with Crippen LogP contribution < -0.4 is 0 Å². The van der Waals surface area contributed by atoms with Crippen molar-refractivity contribution in [1.29, 1.82) is 0 Å². The molecule has 2 aromatic rings. The molecule has 0 aliphatic heterocycles. The summed E-state index contributed by atoms with van der Waals surface area (Å²) in [7, 11) is 0. The third-order valence-electron chi connectivity index (χ3n) is 4.22. The first-order valence-corrected chi connectivity index (χ1v) is 7.38. The molecule has 1 aliphatic carbocycles. The van der Waals surface area contributed by atoms with Gasteiger partial charge in [0.15, 0.2) is 0 Å². The van der Waals surface area contributed by atoms with Gasteiger partial charge in [-0.05, 0) is 38.0 Å². The molecule has 0 amide bonds. The van der Waals surface area contributed by atoms with Crippen molar-refractivity contribution in [3.63, 3.8) is 0 Å². The Morgan fingerprint density at radius 3 is 3.00 bits per heavy atom. The van der Waals surface area contributed by atoms with Gasteiger partial charge >= 0.3 is 5.97 Å². The lowest BCUT2D eigenvalue weighted by molar-refractivity contribution is -0.142. The molecule has 0 radical (unpaired) electrons. The Kier molecular flexibility index (Phi) is 3.42. The maximum absolute atomic E-state index is 11.4. The van der Waals surface area contributed by atoms with Crippen LogP contribution in [0.4, 0.5) is 0 Å². The zero-order valence-corrected chi connectivity index (χ0v) is 12.1. The number of nitrogens with zero attached hydrogens (tertiary/aromatic N) is 2. The van der Waals surface area contributed by atoms with Crippen molar-refractivity contribution < 1.29 is 9.90 Å².